The van der Waals surface area contributed by atoms with Gasteiger partial charge in [-0.25, -0.2) is 0 Å². The molecule has 0 bridgehead atoms. The fourth-order valence-electron chi connectivity index (χ4n) is 1.69. The largest absolute Gasteiger partial charge is 0.271 e. The standard InChI is InChI=1S/C13H15IN4/c1-9-7-17-13(8-16-9)12(18-15)6-10-2-4-11(14)5-3-10/h2-5,7-8,12,18H,6,15H2,1H3. The predicted molar refractivity (Wildman–Crippen MR) is 79.7 cm³/mol. The minimum atomic E-state index is -0.0156. The number of halogens is 1. The summed E-state index contributed by atoms with van der Waals surface area (Å²) in [6, 6.07) is 8.37. The van der Waals surface area contributed by atoms with Crippen LogP contribution in [0.1, 0.15) is 23.0 Å². The molecule has 1 heterocycles. The summed E-state index contributed by atoms with van der Waals surface area (Å²) in [5.74, 6) is 5.60. The Bertz CT molecular complexity index is 495. The van der Waals surface area contributed by atoms with E-state index in [1.54, 1.807) is 12.4 Å². The normalized spacial score (nSPS) is 12.4. The van der Waals surface area contributed by atoms with Crippen molar-refractivity contribution in [2.75, 3.05) is 0 Å². The van der Waals surface area contributed by atoms with Gasteiger partial charge in [0.05, 0.1) is 23.6 Å². The molecule has 0 spiro atoms. The van der Waals surface area contributed by atoms with Crippen molar-refractivity contribution < 1.29 is 0 Å². The Morgan fingerprint density at radius 2 is 1.94 bits per heavy atom. The molecule has 5 heteroatoms. The number of nitrogens with one attached hydrogen (secondary N) is 1. The van der Waals surface area contributed by atoms with Gasteiger partial charge in [0, 0.05) is 9.77 Å². The third-order valence-corrected chi connectivity index (χ3v) is 3.43. The molecular formula is C13H15IN4. The molecule has 18 heavy (non-hydrogen) atoms. The third kappa shape index (κ3) is 3.47. The van der Waals surface area contributed by atoms with E-state index in [1.165, 1.54) is 9.13 Å². The molecule has 1 atom stereocenters. The van der Waals surface area contributed by atoms with Gasteiger partial charge in [0.15, 0.2) is 0 Å². The molecule has 0 fully saturated rings. The van der Waals surface area contributed by atoms with E-state index in [9.17, 15) is 0 Å². The summed E-state index contributed by atoms with van der Waals surface area (Å²) < 4.78 is 1.23. The number of aryl methyl sites for hydroxylation is 1. The van der Waals surface area contributed by atoms with E-state index in [0.29, 0.717) is 0 Å². The van der Waals surface area contributed by atoms with E-state index in [0.717, 1.165) is 17.8 Å². The summed E-state index contributed by atoms with van der Waals surface area (Å²) in [4.78, 5) is 8.60. The van der Waals surface area contributed by atoms with E-state index in [-0.39, 0.29) is 6.04 Å². The van der Waals surface area contributed by atoms with Gasteiger partial charge >= 0.3 is 0 Å². The summed E-state index contributed by atoms with van der Waals surface area (Å²) in [6.45, 7) is 1.92. The van der Waals surface area contributed by atoms with Crippen LogP contribution in [-0.4, -0.2) is 9.97 Å². The maximum absolute atomic E-state index is 5.60. The van der Waals surface area contributed by atoms with Crippen LogP contribution in [-0.2, 0) is 6.42 Å². The molecule has 0 aliphatic carbocycles. The van der Waals surface area contributed by atoms with Crippen LogP contribution in [0.4, 0.5) is 0 Å². The second-order valence-corrected chi connectivity index (χ2v) is 5.38. The molecule has 1 unspecified atom stereocenters. The van der Waals surface area contributed by atoms with Gasteiger partial charge < -0.3 is 0 Å². The van der Waals surface area contributed by atoms with Crippen molar-refractivity contribution in [1.82, 2.24) is 15.4 Å². The zero-order valence-electron chi connectivity index (χ0n) is 10.1. The van der Waals surface area contributed by atoms with E-state index in [1.807, 2.05) is 6.92 Å². The highest BCUT2D eigenvalue weighted by molar-refractivity contribution is 14.1. The lowest BCUT2D eigenvalue weighted by Crippen LogP contribution is -2.30. The zero-order valence-corrected chi connectivity index (χ0v) is 12.3. The van der Waals surface area contributed by atoms with Gasteiger partial charge in [-0.2, -0.15) is 0 Å². The molecule has 0 saturated heterocycles. The summed E-state index contributed by atoms with van der Waals surface area (Å²) in [6.07, 6.45) is 4.32. The van der Waals surface area contributed by atoms with Gasteiger partial charge in [0.1, 0.15) is 0 Å². The average Bonchev–Trinajstić information content (AvgIpc) is 2.39. The van der Waals surface area contributed by atoms with Crippen LogP contribution in [0.5, 0.6) is 0 Å². The second-order valence-electron chi connectivity index (χ2n) is 4.13. The van der Waals surface area contributed by atoms with Gasteiger partial charge in [-0.05, 0) is 53.6 Å². The Kier molecular flexibility index (Phi) is 4.62. The molecule has 0 aliphatic heterocycles. The highest BCUT2D eigenvalue weighted by Crippen LogP contribution is 2.16. The molecular weight excluding hydrogens is 339 g/mol. The summed E-state index contributed by atoms with van der Waals surface area (Å²) in [5.41, 5.74) is 5.79. The van der Waals surface area contributed by atoms with E-state index in [4.69, 9.17) is 5.84 Å². The van der Waals surface area contributed by atoms with E-state index < -0.39 is 0 Å². The summed E-state index contributed by atoms with van der Waals surface area (Å²) in [5, 5.41) is 0. The molecule has 0 aliphatic rings. The number of nitrogens with two attached hydrogens (primary N) is 1. The van der Waals surface area contributed by atoms with Crippen LogP contribution >= 0.6 is 22.6 Å². The maximum atomic E-state index is 5.60. The second kappa shape index (κ2) is 6.21. The molecule has 94 valence electrons. The fraction of sp³-hybridized carbons (Fsp3) is 0.231. The van der Waals surface area contributed by atoms with Crippen molar-refractivity contribution in [3.8, 4) is 0 Å². The van der Waals surface area contributed by atoms with Gasteiger partial charge in [0.25, 0.3) is 0 Å². The van der Waals surface area contributed by atoms with Crippen LogP contribution in [0.15, 0.2) is 36.7 Å². The minimum Gasteiger partial charge on any atom is -0.271 e. The van der Waals surface area contributed by atoms with Crippen molar-refractivity contribution in [1.29, 1.82) is 0 Å². The predicted octanol–water partition coefficient (Wildman–Crippen LogP) is 2.14. The van der Waals surface area contributed by atoms with Gasteiger partial charge in [-0.15, -0.1) is 0 Å². The first kappa shape index (κ1) is 13.4. The number of nitrogens with zero attached hydrogens (tertiary/aromatic N) is 2. The van der Waals surface area contributed by atoms with E-state index in [2.05, 4.69) is 62.3 Å². The number of benzene rings is 1. The number of hydrogen-bond acceptors (Lipinski definition) is 4. The summed E-state index contributed by atoms with van der Waals surface area (Å²) in [7, 11) is 0. The van der Waals surface area contributed by atoms with Crippen LogP contribution in [0.25, 0.3) is 0 Å². The average molecular weight is 354 g/mol. The monoisotopic (exact) mass is 354 g/mol. The molecule has 1 aromatic heterocycles. The Labute approximate surface area is 120 Å². The maximum Gasteiger partial charge on any atom is 0.0773 e. The SMILES string of the molecule is Cc1cnc(C(Cc2ccc(I)cc2)NN)cn1. The highest BCUT2D eigenvalue weighted by Gasteiger charge is 2.12. The molecule has 3 N–H and O–H groups in total. The molecule has 2 rings (SSSR count). The van der Waals surface area contributed by atoms with Crippen LogP contribution in [0, 0.1) is 10.5 Å². The van der Waals surface area contributed by atoms with Crippen molar-refractivity contribution >= 4 is 22.6 Å². The van der Waals surface area contributed by atoms with E-state index >= 15 is 0 Å². The van der Waals surface area contributed by atoms with Gasteiger partial charge in [0.2, 0.25) is 0 Å². The smallest absolute Gasteiger partial charge is 0.0773 e. The molecule has 0 amide bonds. The van der Waals surface area contributed by atoms with Crippen molar-refractivity contribution in [2.24, 2.45) is 5.84 Å². The molecule has 1 aromatic carbocycles. The molecule has 4 nitrogen and oxygen atoms in total. The fourth-order valence-corrected chi connectivity index (χ4v) is 2.05. The van der Waals surface area contributed by atoms with Crippen LogP contribution < -0.4 is 11.3 Å². The van der Waals surface area contributed by atoms with Gasteiger partial charge in [-0.1, -0.05) is 12.1 Å². The first-order valence-corrected chi connectivity index (χ1v) is 6.76. The lowest BCUT2D eigenvalue weighted by molar-refractivity contribution is 0.535. The summed E-state index contributed by atoms with van der Waals surface area (Å²) >= 11 is 2.29. The topological polar surface area (TPSA) is 63.8 Å². The Balaban J connectivity index is 2.14. The number of rotatable bonds is 4. The Hall–Kier alpha value is -1.05. The van der Waals surface area contributed by atoms with Gasteiger partial charge in [-0.3, -0.25) is 21.2 Å². The lowest BCUT2D eigenvalue weighted by Gasteiger charge is -2.15. The third-order valence-electron chi connectivity index (χ3n) is 2.71. The first-order valence-electron chi connectivity index (χ1n) is 5.68. The number of hydrazine groups is 1. The minimum absolute atomic E-state index is 0.0156. The first-order chi connectivity index (χ1) is 8.69. The lowest BCUT2D eigenvalue weighted by atomic mass is 10.0. The molecule has 2 aromatic rings. The van der Waals surface area contributed by atoms with Crippen LogP contribution in [0.3, 0.4) is 0 Å². The Morgan fingerprint density at radius 1 is 1.22 bits per heavy atom. The van der Waals surface area contributed by atoms with Crippen LogP contribution in [0.2, 0.25) is 0 Å². The number of aromatic nitrogens is 2. The zero-order chi connectivity index (χ0) is 13.0. The quantitative estimate of drug-likeness (QED) is 0.502. The van der Waals surface area contributed by atoms with Crippen molar-refractivity contribution in [2.45, 2.75) is 19.4 Å². The highest BCUT2D eigenvalue weighted by atomic mass is 127. The van der Waals surface area contributed by atoms with Crippen molar-refractivity contribution in [3.05, 3.63) is 57.2 Å². The molecule has 0 radical (unpaired) electrons. The number of hydrogen-bond donors (Lipinski definition) is 2. The van der Waals surface area contributed by atoms with Crippen molar-refractivity contribution in [3.63, 3.8) is 0 Å². The Morgan fingerprint density at radius 3 is 2.50 bits per heavy atom. The molecule has 0 saturated carbocycles.